The molecule has 0 unspecified atom stereocenters. The predicted octanol–water partition coefficient (Wildman–Crippen LogP) is 5.17. The fourth-order valence-electron chi connectivity index (χ4n) is 1.40. The first-order chi connectivity index (χ1) is 8.47. The fourth-order valence-corrected chi connectivity index (χ4v) is 2.33. The maximum Gasteiger partial charge on any atom is 0.144 e. The van der Waals surface area contributed by atoms with Crippen LogP contribution in [0.2, 0.25) is 5.02 Å². The summed E-state index contributed by atoms with van der Waals surface area (Å²) in [6, 6.07) is 8.39. The predicted molar refractivity (Wildman–Crippen MR) is 86.0 cm³/mol. The fraction of sp³-hybridized carbons (Fsp3) is 0. The van der Waals surface area contributed by atoms with Crippen molar-refractivity contribution in [2.75, 3.05) is 11.1 Å². The number of nitrogens with two attached hydrogens (primary N) is 1. The third-order valence-corrected chi connectivity index (χ3v) is 4.91. The average molecular weight is 441 g/mol. The van der Waals surface area contributed by atoms with Gasteiger partial charge in [-0.2, -0.15) is 0 Å². The van der Waals surface area contributed by atoms with Gasteiger partial charge in [0.25, 0.3) is 0 Å². The smallest absolute Gasteiger partial charge is 0.144 e. The van der Waals surface area contributed by atoms with E-state index in [4.69, 9.17) is 17.3 Å². The molecule has 2 nitrogen and oxygen atoms in total. The molecule has 0 amide bonds. The van der Waals surface area contributed by atoms with Crippen molar-refractivity contribution in [1.29, 1.82) is 0 Å². The van der Waals surface area contributed by atoms with E-state index in [1.54, 1.807) is 0 Å². The molecule has 0 saturated carbocycles. The van der Waals surface area contributed by atoms with Crippen molar-refractivity contribution in [3.05, 3.63) is 49.2 Å². The molecule has 3 N–H and O–H groups in total. The Balaban J connectivity index is 2.34. The zero-order valence-corrected chi connectivity index (χ0v) is 13.5. The lowest BCUT2D eigenvalue weighted by molar-refractivity contribution is 0.629. The molecule has 2 aromatic rings. The summed E-state index contributed by atoms with van der Waals surface area (Å²) < 4.78 is 15.4. The summed E-state index contributed by atoms with van der Waals surface area (Å²) in [5.41, 5.74) is 7.51. The van der Waals surface area contributed by atoms with E-state index < -0.39 is 5.82 Å². The molecule has 0 aliphatic carbocycles. The van der Waals surface area contributed by atoms with Gasteiger partial charge in [0.2, 0.25) is 0 Å². The van der Waals surface area contributed by atoms with Gasteiger partial charge in [-0.05, 0) is 62.8 Å². The molecular formula is C12H8BrClFIN2. The lowest BCUT2D eigenvalue weighted by Crippen LogP contribution is -1.98. The Labute approximate surface area is 131 Å². The quantitative estimate of drug-likeness (QED) is 0.498. The molecule has 0 bridgehead atoms. The number of benzene rings is 2. The van der Waals surface area contributed by atoms with Crippen LogP contribution >= 0.6 is 50.1 Å². The van der Waals surface area contributed by atoms with Gasteiger partial charge in [-0.3, -0.25) is 0 Å². The molecule has 0 spiro atoms. The Morgan fingerprint density at radius 2 is 2.00 bits per heavy atom. The molecule has 2 rings (SSSR count). The van der Waals surface area contributed by atoms with Gasteiger partial charge in [0.1, 0.15) is 5.82 Å². The number of hydrogen-bond acceptors (Lipinski definition) is 2. The van der Waals surface area contributed by atoms with Gasteiger partial charge in [0.15, 0.2) is 0 Å². The van der Waals surface area contributed by atoms with E-state index in [0.29, 0.717) is 11.4 Å². The van der Waals surface area contributed by atoms with E-state index in [1.165, 1.54) is 12.1 Å². The van der Waals surface area contributed by atoms with Crippen molar-refractivity contribution in [2.24, 2.45) is 0 Å². The Hall–Kier alpha value is -0.530. The molecular weight excluding hydrogens is 433 g/mol. The molecule has 0 saturated heterocycles. The molecule has 6 heteroatoms. The highest BCUT2D eigenvalue weighted by molar-refractivity contribution is 14.1. The van der Waals surface area contributed by atoms with Gasteiger partial charge in [-0.1, -0.05) is 11.6 Å². The maximum atomic E-state index is 13.4. The lowest BCUT2D eigenvalue weighted by atomic mass is 10.2. The topological polar surface area (TPSA) is 38.0 Å². The van der Waals surface area contributed by atoms with Crippen LogP contribution in [0.25, 0.3) is 0 Å². The normalized spacial score (nSPS) is 10.4. The van der Waals surface area contributed by atoms with Crippen molar-refractivity contribution in [3.8, 4) is 0 Å². The summed E-state index contributed by atoms with van der Waals surface area (Å²) >= 11 is 11.3. The van der Waals surface area contributed by atoms with Gasteiger partial charge in [0.05, 0.1) is 16.4 Å². The van der Waals surface area contributed by atoms with E-state index in [9.17, 15) is 4.39 Å². The van der Waals surface area contributed by atoms with Crippen LogP contribution in [0.15, 0.2) is 34.8 Å². The number of hydrogen-bond donors (Lipinski definition) is 2. The van der Waals surface area contributed by atoms with Crippen LogP contribution in [0.4, 0.5) is 21.5 Å². The molecule has 0 aliphatic heterocycles. The SMILES string of the molecule is Nc1cc(Cl)c(F)cc1Nc1ccc(Br)c(I)c1. The molecule has 0 aromatic heterocycles. The first kappa shape index (κ1) is 13.9. The van der Waals surface area contributed by atoms with Crippen molar-refractivity contribution in [1.82, 2.24) is 0 Å². The second kappa shape index (κ2) is 5.63. The third-order valence-electron chi connectivity index (χ3n) is 2.29. The van der Waals surface area contributed by atoms with Crippen LogP contribution in [0.1, 0.15) is 0 Å². The summed E-state index contributed by atoms with van der Waals surface area (Å²) in [6.07, 6.45) is 0. The molecule has 0 aliphatic rings. The maximum absolute atomic E-state index is 13.4. The van der Waals surface area contributed by atoms with Crippen LogP contribution in [0, 0.1) is 9.39 Å². The largest absolute Gasteiger partial charge is 0.397 e. The molecule has 2 aromatic carbocycles. The first-order valence-corrected chi connectivity index (χ1v) is 7.19. The first-order valence-electron chi connectivity index (χ1n) is 4.94. The zero-order valence-electron chi connectivity index (χ0n) is 8.98. The highest BCUT2D eigenvalue weighted by Gasteiger charge is 2.07. The number of nitrogens with one attached hydrogen (secondary N) is 1. The number of nitrogen functional groups attached to an aromatic ring is 1. The molecule has 18 heavy (non-hydrogen) atoms. The minimum atomic E-state index is -0.500. The highest BCUT2D eigenvalue weighted by atomic mass is 127. The summed E-state index contributed by atoms with van der Waals surface area (Å²) in [5.74, 6) is -0.500. The lowest BCUT2D eigenvalue weighted by Gasteiger charge is -2.11. The van der Waals surface area contributed by atoms with Gasteiger partial charge in [0, 0.05) is 19.8 Å². The van der Waals surface area contributed by atoms with Gasteiger partial charge >= 0.3 is 0 Å². The minimum absolute atomic E-state index is 0.0171. The zero-order chi connectivity index (χ0) is 13.3. The summed E-state index contributed by atoms with van der Waals surface area (Å²) in [5, 5.41) is 3.08. The standard InChI is InChI=1S/C12H8BrClFIN2/c13-7-2-1-6(3-10(7)16)18-12-5-9(15)8(14)4-11(12)17/h1-5,18H,17H2. The second-order valence-electron chi connectivity index (χ2n) is 3.61. The molecule has 0 atom stereocenters. The Bertz CT molecular complexity index is 607. The average Bonchev–Trinajstić information content (AvgIpc) is 2.31. The Kier molecular flexibility index (Phi) is 4.34. The Morgan fingerprint density at radius 1 is 1.28 bits per heavy atom. The molecule has 0 fully saturated rings. The van der Waals surface area contributed by atoms with Gasteiger partial charge in [-0.25, -0.2) is 4.39 Å². The van der Waals surface area contributed by atoms with Gasteiger partial charge < -0.3 is 11.1 Å². The van der Waals surface area contributed by atoms with Crippen LogP contribution in [0.3, 0.4) is 0 Å². The number of halogens is 4. The van der Waals surface area contributed by atoms with E-state index in [-0.39, 0.29) is 5.02 Å². The monoisotopic (exact) mass is 440 g/mol. The molecule has 94 valence electrons. The third kappa shape index (κ3) is 3.07. The second-order valence-corrected chi connectivity index (χ2v) is 6.03. The number of rotatable bonds is 2. The number of anilines is 3. The van der Waals surface area contributed by atoms with Crippen molar-refractivity contribution >= 4 is 67.2 Å². The van der Waals surface area contributed by atoms with Gasteiger partial charge in [-0.15, -0.1) is 0 Å². The summed E-state index contributed by atoms with van der Waals surface area (Å²) in [6.45, 7) is 0. The van der Waals surface area contributed by atoms with Crippen LogP contribution in [-0.2, 0) is 0 Å². The van der Waals surface area contributed by atoms with Crippen molar-refractivity contribution in [3.63, 3.8) is 0 Å². The van der Waals surface area contributed by atoms with Crippen LogP contribution < -0.4 is 11.1 Å². The van der Waals surface area contributed by atoms with Crippen molar-refractivity contribution < 1.29 is 4.39 Å². The van der Waals surface area contributed by atoms with Crippen molar-refractivity contribution in [2.45, 2.75) is 0 Å². The highest BCUT2D eigenvalue weighted by Crippen LogP contribution is 2.30. The summed E-state index contributed by atoms with van der Waals surface area (Å²) in [4.78, 5) is 0. The minimum Gasteiger partial charge on any atom is -0.397 e. The summed E-state index contributed by atoms with van der Waals surface area (Å²) in [7, 11) is 0. The van der Waals surface area contributed by atoms with Crippen LogP contribution in [-0.4, -0.2) is 0 Å². The van der Waals surface area contributed by atoms with E-state index in [2.05, 4.69) is 43.8 Å². The Morgan fingerprint density at radius 3 is 2.67 bits per heavy atom. The van der Waals surface area contributed by atoms with Crippen LogP contribution in [0.5, 0.6) is 0 Å². The molecule has 0 radical (unpaired) electrons. The van der Waals surface area contributed by atoms with E-state index in [1.807, 2.05) is 18.2 Å². The molecule has 0 heterocycles. The van der Waals surface area contributed by atoms with E-state index in [0.717, 1.165) is 13.7 Å². The van der Waals surface area contributed by atoms with E-state index >= 15 is 0 Å².